The van der Waals surface area contributed by atoms with E-state index in [0.29, 0.717) is 0 Å². The van der Waals surface area contributed by atoms with Gasteiger partial charge >= 0.3 is 5.57 Å². The Bertz CT molecular complexity index is 659. The summed E-state index contributed by atoms with van der Waals surface area (Å²) >= 11 is 0. The molecule has 0 saturated heterocycles. The van der Waals surface area contributed by atoms with Crippen LogP contribution in [0.4, 0.5) is 0 Å². The molecule has 0 radical (unpaired) electrons. The molecular weight excluding hydrogens is 255 g/mol. The van der Waals surface area contributed by atoms with Crippen LogP contribution in [-0.4, -0.2) is 13.7 Å². The third kappa shape index (κ3) is 1.99. The van der Waals surface area contributed by atoms with Gasteiger partial charge in [0.1, 0.15) is 16.6 Å². The van der Waals surface area contributed by atoms with Crippen molar-refractivity contribution in [2.45, 2.75) is 27.7 Å². The molecule has 0 atom stereocenters. The lowest BCUT2D eigenvalue weighted by atomic mass is 10.4. The van der Waals surface area contributed by atoms with Gasteiger partial charge in [-0.3, -0.25) is 0 Å². The fourth-order valence-electron chi connectivity index (χ4n) is 2.41. The minimum atomic E-state index is 1.24. The Labute approximate surface area is 116 Å². The second-order valence-corrected chi connectivity index (χ2v) is 6.31. The van der Waals surface area contributed by atoms with Crippen LogP contribution < -0.4 is 10.1 Å². The molecule has 2 aromatic rings. The number of hydrogen-bond donors (Lipinski definition) is 0. The predicted octanol–water partition coefficient (Wildman–Crippen LogP) is 1.56. The molecule has 104 valence electrons. The second kappa shape index (κ2) is 4.68. The van der Waals surface area contributed by atoms with E-state index in [4.69, 9.17) is 0 Å². The summed E-state index contributed by atoms with van der Waals surface area (Å²) in [7, 11) is 9.82. The quantitative estimate of drug-likeness (QED) is 0.557. The fourth-order valence-corrected chi connectivity index (χ4v) is 3.79. The van der Waals surface area contributed by atoms with Crippen molar-refractivity contribution in [3.63, 3.8) is 0 Å². The van der Waals surface area contributed by atoms with Crippen molar-refractivity contribution in [2.75, 3.05) is 0 Å². The Kier molecular flexibility index (Phi) is 3.48. The first kappa shape index (κ1) is 14.1. The molecule has 19 heavy (non-hydrogen) atoms. The van der Waals surface area contributed by atoms with Gasteiger partial charge in [0.25, 0.3) is 0 Å². The molecule has 0 aromatic carbocycles. The third-order valence-electron chi connectivity index (χ3n) is 4.46. The predicted molar refractivity (Wildman–Crippen MR) is 79.7 cm³/mol. The maximum absolute atomic E-state index is 2.29. The zero-order chi connectivity index (χ0) is 14.5. The van der Waals surface area contributed by atoms with E-state index in [-0.39, 0.29) is 0 Å². The van der Waals surface area contributed by atoms with E-state index < -0.39 is 0 Å². The van der Waals surface area contributed by atoms with Crippen LogP contribution in [0.5, 0.6) is 0 Å². The lowest BCUT2D eigenvalue weighted by molar-refractivity contribution is -0.658. The van der Waals surface area contributed by atoms with E-state index >= 15 is 0 Å². The van der Waals surface area contributed by atoms with Gasteiger partial charge in [0.2, 0.25) is 0 Å². The van der Waals surface area contributed by atoms with Crippen molar-refractivity contribution >= 4 is 13.8 Å². The van der Waals surface area contributed by atoms with Crippen LogP contribution in [0.1, 0.15) is 22.8 Å². The fraction of sp³-hybridized carbons (Fsp3) is 0.571. The van der Waals surface area contributed by atoms with E-state index in [1.165, 1.54) is 41.7 Å². The van der Waals surface area contributed by atoms with E-state index in [1.54, 1.807) is 0 Å². The molecule has 2 rings (SSSR count). The monoisotopic (exact) mass is 279 g/mol. The van der Waals surface area contributed by atoms with Crippen LogP contribution in [0, 0.1) is 32.9 Å². The van der Waals surface area contributed by atoms with E-state index in [9.17, 15) is 0 Å². The van der Waals surface area contributed by atoms with E-state index in [0.717, 1.165) is 0 Å². The van der Waals surface area contributed by atoms with Crippen LogP contribution in [0.15, 0.2) is 0 Å². The van der Waals surface area contributed by atoms with Gasteiger partial charge in [-0.15, -0.1) is 0 Å². The molecule has 0 N–H and O–H groups in total. The van der Waals surface area contributed by atoms with Crippen molar-refractivity contribution < 1.29 is 4.57 Å². The van der Waals surface area contributed by atoms with Crippen LogP contribution in [0.3, 0.4) is 0 Å². The highest BCUT2D eigenvalue weighted by atomic mass is 31.1. The van der Waals surface area contributed by atoms with Gasteiger partial charge in [0, 0.05) is 39.3 Å². The van der Waals surface area contributed by atoms with Gasteiger partial charge in [-0.2, -0.15) is 0 Å². The Morgan fingerprint density at radius 3 is 1.63 bits per heavy atom. The van der Waals surface area contributed by atoms with Gasteiger partial charge < -0.3 is 9.13 Å². The van der Waals surface area contributed by atoms with Crippen molar-refractivity contribution in [3.8, 4) is 0 Å². The molecule has 0 aliphatic rings. The Morgan fingerprint density at radius 2 is 1.26 bits per heavy atom. The Hall–Kier alpha value is -1.28. The number of imidazole rings is 2. The summed E-state index contributed by atoms with van der Waals surface area (Å²) in [4.78, 5) is 0. The molecule has 0 aliphatic carbocycles. The average molecular weight is 279 g/mol. The third-order valence-corrected chi connectivity index (χ3v) is 6.06. The minimum Gasteiger partial charge on any atom is -0.329 e. The molecule has 0 fully saturated rings. The zero-order valence-electron chi connectivity index (χ0n) is 13.2. The normalized spacial score (nSPS) is 11.6. The van der Waals surface area contributed by atoms with E-state index in [1.807, 2.05) is 0 Å². The molecule has 0 saturated carbocycles. The second-order valence-electron chi connectivity index (χ2n) is 5.29. The number of nitrogens with zero attached hydrogens (tertiary/aromatic N) is 4. The summed E-state index contributed by atoms with van der Waals surface area (Å²) in [5.74, 6) is 0. The first-order valence-corrected chi connectivity index (χ1v) is 7.42. The van der Waals surface area contributed by atoms with Gasteiger partial charge in [0.15, 0.2) is 0 Å². The first-order chi connectivity index (χ1) is 8.77. The maximum Gasteiger partial charge on any atom is 0.310 e. The highest BCUT2D eigenvalue weighted by molar-refractivity contribution is 7.37. The van der Waals surface area contributed by atoms with Crippen molar-refractivity contribution in [3.05, 3.63) is 28.0 Å². The van der Waals surface area contributed by atoms with Crippen LogP contribution in [0.25, 0.3) is 0 Å². The summed E-state index contributed by atoms with van der Waals surface area (Å²) in [6, 6.07) is 0. The SMILES string of the molecule is Cc1c(C)[n+](C)c(P=c2n(C)c(C)c(C)n2C)n1C. The van der Waals surface area contributed by atoms with E-state index in [2.05, 4.69) is 74.2 Å². The summed E-state index contributed by atoms with van der Waals surface area (Å²) < 4.78 is 9.15. The molecular formula is C14H24N4P+. The minimum absolute atomic E-state index is 1.24. The molecule has 0 amide bonds. The lowest BCUT2D eigenvalue weighted by Gasteiger charge is -1.97. The maximum atomic E-state index is 2.29. The number of hydrogen-bond acceptors (Lipinski definition) is 0. The van der Waals surface area contributed by atoms with Crippen molar-refractivity contribution in [1.82, 2.24) is 13.7 Å². The molecule has 2 aromatic heterocycles. The van der Waals surface area contributed by atoms with Gasteiger partial charge in [-0.05, 0) is 13.8 Å². The van der Waals surface area contributed by atoms with Crippen molar-refractivity contribution in [2.24, 2.45) is 28.2 Å². The number of rotatable bonds is 1. The highest BCUT2D eigenvalue weighted by Gasteiger charge is 2.19. The van der Waals surface area contributed by atoms with Crippen LogP contribution in [0.2, 0.25) is 0 Å². The summed E-state index contributed by atoms with van der Waals surface area (Å²) in [5.41, 5.74) is 6.63. The first-order valence-electron chi connectivity index (χ1n) is 6.52. The lowest BCUT2D eigenvalue weighted by Crippen LogP contribution is -2.44. The standard InChI is InChI=1S/C14H24N4P/c1-9-10(2)16(6)13(15(9)5)19-14-17(7)11(3)12(4)18(14)8/h1-8H3/q+1. The Morgan fingerprint density at radius 1 is 0.789 bits per heavy atom. The molecule has 0 bridgehead atoms. The Balaban J connectivity index is 2.80. The molecule has 0 aliphatic heterocycles. The van der Waals surface area contributed by atoms with Crippen LogP contribution >= 0.6 is 8.20 Å². The van der Waals surface area contributed by atoms with Gasteiger partial charge in [-0.1, -0.05) is 0 Å². The molecule has 4 nitrogen and oxygen atoms in total. The smallest absolute Gasteiger partial charge is 0.310 e. The largest absolute Gasteiger partial charge is 0.329 e. The zero-order valence-corrected chi connectivity index (χ0v) is 14.1. The van der Waals surface area contributed by atoms with Gasteiger partial charge in [0.05, 0.1) is 22.3 Å². The van der Waals surface area contributed by atoms with Crippen molar-refractivity contribution in [1.29, 1.82) is 0 Å². The summed E-state index contributed by atoms with van der Waals surface area (Å²) in [6.07, 6.45) is 0. The topological polar surface area (TPSA) is 18.7 Å². The average Bonchev–Trinajstić information content (AvgIpc) is 2.68. The molecule has 0 spiro atoms. The number of aromatic nitrogens is 4. The molecule has 2 heterocycles. The van der Waals surface area contributed by atoms with Crippen LogP contribution in [-0.2, 0) is 28.2 Å². The molecule has 5 heteroatoms. The van der Waals surface area contributed by atoms with Gasteiger partial charge in [-0.25, -0.2) is 9.13 Å². The summed E-state index contributed by atoms with van der Waals surface area (Å²) in [6.45, 7) is 8.71. The summed E-state index contributed by atoms with van der Waals surface area (Å²) in [5, 5.41) is 1.31. The molecule has 0 unspecified atom stereocenters. The highest BCUT2D eigenvalue weighted by Crippen LogP contribution is 2.14.